The number of rotatable bonds is 5. The Kier molecular flexibility index (Phi) is 5.23. The van der Waals surface area contributed by atoms with Crippen molar-refractivity contribution in [2.75, 3.05) is 0 Å². The molecular weight excluding hydrogens is 374 g/mol. The third-order valence-electron chi connectivity index (χ3n) is 5.86. The van der Waals surface area contributed by atoms with Crippen LogP contribution in [0.1, 0.15) is 55.8 Å². The number of fused-ring (bicyclic) bond motifs is 2. The molecule has 1 aliphatic carbocycles. The van der Waals surface area contributed by atoms with Gasteiger partial charge in [0.15, 0.2) is 0 Å². The Morgan fingerprint density at radius 2 is 1.74 bits per heavy atom. The molecule has 1 saturated carbocycles. The first-order valence-electron chi connectivity index (χ1n) is 9.49. The highest BCUT2D eigenvalue weighted by Gasteiger charge is 2.36. The second-order valence-corrected chi connectivity index (χ2v) is 7.79. The molecule has 3 fully saturated rings. The minimum absolute atomic E-state index is 0. The maximum Gasteiger partial charge on any atom is 0.145 e. The molecule has 0 amide bonds. The lowest BCUT2D eigenvalue weighted by molar-refractivity contribution is 0.00875. The van der Waals surface area contributed by atoms with Crippen LogP contribution in [0.5, 0.6) is 0 Å². The van der Waals surface area contributed by atoms with Crippen LogP contribution >= 0.6 is 12.4 Å². The van der Waals surface area contributed by atoms with Gasteiger partial charge in [-0.05, 0) is 50.7 Å². The first-order chi connectivity index (χ1) is 12.7. The van der Waals surface area contributed by atoms with Crippen molar-refractivity contribution in [2.24, 2.45) is 0 Å². The minimum Gasteiger partial charge on any atom is -0.373 e. The van der Waals surface area contributed by atoms with Crippen molar-refractivity contribution in [1.29, 1.82) is 0 Å². The van der Waals surface area contributed by atoms with Crippen LogP contribution in [-0.2, 0) is 11.3 Å². The highest BCUT2D eigenvalue weighted by atomic mass is 35.5. The van der Waals surface area contributed by atoms with Gasteiger partial charge < -0.3 is 14.6 Å². The number of piperidine rings is 1. The molecule has 2 bridgehead atoms. The average Bonchev–Trinajstić information content (AvgIpc) is 3.30. The monoisotopic (exact) mass is 396 g/mol. The second-order valence-electron chi connectivity index (χ2n) is 7.79. The molecule has 1 aromatic heterocycles. The number of nitrogens with one attached hydrogen (secondary N) is 1. The summed E-state index contributed by atoms with van der Waals surface area (Å²) in [5.74, 6) is -0.211. The van der Waals surface area contributed by atoms with Gasteiger partial charge in [0.2, 0.25) is 0 Å². The van der Waals surface area contributed by atoms with Crippen molar-refractivity contribution >= 4 is 12.4 Å². The first kappa shape index (κ1) is 18.8. The lowest BCUT2D eigenvalue weighted by Crippen LogP contribution is -2.41. The Hall–Kier alpha value is -1.50. The van der Waals surface area contributed by atoms with Crippen molar-refractivity contribution in [2.45, 2.75) is 69.2 Å². The molecule has 7 heteroatoms. The van der Waals surface area contributed by atoms with Crippen LogP contribution < -0.4 is 5.32 Å². The summed E-state index contributed by atoms with van der Waals surface area (Å²) in [4.78, 5) is 0. The smallest absolute Gasteiger partial charge is 0.145 e. The second kappa shape index (κ2) is 7.49. The molecule has 27 heavy (non-hydrogen) atoms. The van der Waals surface area contributed by atoms with Crippen molar-refractivity contribution in [1.82, 2.24) is 10.5 Å². The van der Waals surface area contributed by atoms with Gasteiger partial charge in [0.05, 0.1) is 18.3 Å². The minimum atomic E-state index is -0.623. The lowest BCUT2D eigenvalue weighted by Gasteiger charge is -2.29. The zero-order valence-electron chi connectivity index (χ0n) is 14.9. The molecule has 2 saturated heterocycles. The fourth-order valence-electron chi connectivity index (χ4n) is 4.39. The summed E-state index contributed by atoms with van der Waals surface area (Å²) >= 11 is 0. The highest BCUT2D eigenvalue weighted by Crippen LogP contribution is 2.45. The normalized spacial score (nSPS) is 26.8. The molecule has 0 spiro atoms. The van der Waals surface area contributed by atoms with E-state index in [1.807, 2.05) is 0 Å². The van der Waals surface area contributed by atoms with E-state index in [0.717, 1.165) is 31.4 Å². The summed E-state index contributed by atoms with van der Waals surface area (Å²) in [7, 11) is 0. The van der Waals surface area contributed by atoms with Crippen molar-refractivity contribution < 1.29 is 18.0 Å². The van der Waals surface area contributed by atoms with Crippen LogP contribution in [0, 0.1) is 11.6 Å². The molecule has 2 aromatic rings. The first-order valence-corrected chi connectivity index (χ1v) is 9.49. The summed E-state index contributed by atoms with van der Waals surface area (Å²) in [5.41, 5.74) is 0.842. The number of hydrogen-bond donors (Lipinski definition) is 1. The van der Waals surface area contributed by atoms with Crippen molar-refractivity contribution in [3.05, 3.63) is 41.2 Å². The molecule has 4 nitrogen and oxygen atoms in total. The number of benzene rings is 1. The zero-order valence-corrected chi connectivity index (χ0v) is 15.7. The van der Waals surface area contributed by atoms with Crippen LogP contribution in [-0.4, -0.2) is 23.3 Å². The number of halogens is 3. The summed E-state index contributed by atoms with van der Waals surface area (Å²) in [6.45, 7) is 0.294. The fourth-order valence-corrected chi connectivity index (χ4v) is 4.39. The quantitative estimate of drug-likeness (QED) is 0.794. The molecule has 2 unspecified atom stereocenters. The van der Waals surface area contributed by atoms with Gasteiger partial charge in [-0.25, -0.2) is 8.78 Å². The number of nitrogens with zero attached hydrogens (tertiary/aromatic N) is 1. The van der Waals surface area contributed by atoms with E-state index in [0.29, 0.717) is 30.2 Å². The third-order valence-corrected chi connectivity index (χ3v) is 5.86. The maximum atomic E-state index is 14.3. The van der Waals surface area contributed by atoms with E-state index >= 15 is 0 Å². The standard InChI is InChI=1S/C20H22F2N2O2.ClH/c21-16-2-1-3-17(22)18(16)19-15(20(26-24-19)11-4-5-11)10-25-14-8-12-6-7-13(9-14)23-12;/h1-3,11-14,23H,4-10H2;1H. The summed E-state index contributed by atoms with van der Waals surface area (Å²) in [6.07, 6.45) is 6.62. The van der Waals surface area contributed by atoms with Crippen LogP contribution in [0.3, 0.4) is 0 Å². The molecule has 3 aliphatic rings. The van der Waals surface area contributed by atoms with Gasteiger partial charge >= 0.3 is 0 Å². The zero-order chi connectivity index (χ0) is 17.7. The average molecular weight is 397 g/mol. The molecule has 2 aliphatic heterocycles. The SMILES string of the molecule is Cl.Fc1cccc(F)c1-c1noc(C2CC2)c1COC1CC2CCC(C1)N2. The van der Waals surface area contributed by atoms with Gasteiger partial charge in [0, 0.05) is 23.6 Å². The van der Waals surface area contributed by atoms with E-state index in [-0.39, 0.29) is 29.8 Å². The van der Waals surface area contributed by atoms with Gasteiger partial charge in [0.1, 0.15) is 23.1 Å². The third kappa shape index (κ3) is 3.62. The van der Waals surface area contributed by atoms with Crippen LogP contribution in [0.2, 0.25) is 0 Å². The van der Waals surface area contributed by atoms with Crippen LogP contribution in [0.4, 0.5) is 8.78 Å². The molecule has 3 heterocycles. The van der Waals surface area contributed by atoms with E-state index in [2.05, 4.69) is 10.5 Å². The predicted molar refractivity (Wildman–Crippen MR) is 98.8 cm³/mol. The van der Waals surface area contributed by atoms with E-state index in [1.54, 1.807) is 0 Å². The van der Waals surface area contributed by atoms with E-state index in [9.17, 15) is 8.78 Å². The molecule has 1 aromatic carbocycles. The van der Waals surface area contributed by atoms with Gasteiger partial charge in [0.25, 0.3) is 0 Å². The molecule has 1 N–H and O–H groups in total. The summed E-state index contributed by atoms with van der Waals surface area (Å²) < 4.78 is 40.2. The van der Waals surface area contributed by atoms with E-state index < -0.39 is 11.6 Å². The molecule has 0 radical (unpaired) electrons. The van der Waals surface area contributed by atoms with Crippen LogP contribution in [0.25, 0.3) is 11.3 Å². The molecule has 146 valence electrons. The van der Waals surface area contributed by atoms with Gasteiger partial charge in [-0.3, -0.25) is 0 Å². The topological polar surface area (TPSA) is 47.3 Å². The fraction of sp³-hybridized carbons (Fsp3) is 0.550. The Bertz CT molecular complexity index is 792. The highest BCUT2D eigenvalue weighted by molar-refractivity contribution is 5.85. The number of hydrogen-bond acceptors (Lipinski definition) is 4. The lowest BCUT2D eigenvalue weighted by atomic mass is 10.0. The Morgan fingerprint density at radius 1 is 1.07 bits per heavy atom. The van der Waals surface area contributed by atoms with E-state index in [4.69, 9.17) is 9.26 Å². The largest absolute Gasteiger partial charge is 0.373 e. The maximum absolute atomic E-state index is 14.3. The van der Waals surface area contributed by atoms with E-state index in [1.165, 1.54) is 31.0 Å². The summed E-state index contributed by atoms with van der Waals surface area (Å²) in [6, 6.07) is 4.93. The van der Waals surface area contributed by atoms with Gasteiger partial charge in [-0.1, -0.05) is 11.2 Å². The van der Waals surface area contributed by atoms with Crippen molar-refractivity contribution in [3.63, 3.8) is 0 Å². The Labute approximate surface area is 163 Å². The van der Waals surface area contributed by atoms with Crippen LogP contribution in [0.15, 0.2) is 22.7 Å². The number of aromatic nitrogens is 1. The van der Waals surface area contributed by atoms with Gasteiger partial charge in [-0.15, -0.1) is 12.4 Å². The van der Waals surface area contributed by atoms with Gasteiger partial charge in [-0.2, -0.15) is 0 Å². The molecular formula is C20H23ClF2N2O2. The predicted octanol–water partition coefficient (Wildman–Crippen LogP) is 4.72. The van der Waals surface area contributed by atoms with Crippen molar-refractivity contribution in [3.8, 4) is 11.3 Å². The Morgan fingerprint density at radius 3 is 2.37 bits per heavy atom. The molecule has 2 atom stereocenters. The Balaban J connectivity index is 0.00000180. The summed E-state index contributed by atoms with van der Waals surface area (Å²) in [5, 5.41) is 7.62. The molecule has 5 rings (SSSR count). The number of ether oxygens (including phenoxy) is 1.